The second kappa shape index (κ2) is 13.0. The van der Waals surface area contributed by atoms with Crippen LogP contribution in [0.2, 0.25) is 0 Å². The second-order valence-electron chi connectivity index (χ2n) is 12.2. The van der Waals surface area contributed by atoms with Gasteiger partial charge in [-0.25, -0.2) is 0 Å². The Balaban J connectivity index is 1.35. The lowest BCUT2D eigenvalue weighted by molar-refractivity contribution is -0.143. The van der Waals surface area contributed by atoms with E-state index in [0.29, 0.717) is 24.4 Å². The number of rotatable bonds is 9. The lowest BCUT2D eigenvalue weighted by Gasteiger charge is -2.35. The van der Waals surface area contributed by atoms with Gasteiger partial charge < -0.3 is 30.7 Å². The van der Waals surface area contributed by atoms with Crippen molar-refractivity contribution in [2.75, 3.05) is 12.8 Å². The minimum atomic E-state index is -0.611. The topological polar surface area (TPSA) is 103 Å². The van der Waals surface area contributed by atoms with E-state index in [0.717, 1.165) is 34.4 Å². The summed E-state index contributed by atoms with van der Waals surface area (Å²) in [5, 5.41) is 19.1. The van der Waals surface area contributed by atoms with Crippen LogP contribution in [0.4, 0.5) is 0 Å². The molecule has 0 saturated carbocycles. The summed E-state index contributed by atoms with van der Waals surface area (Å²) < 4.78 is 6.42. The molecule has 42 heavy (non-hydrogen) atoms. The van der Waals surface area contributed by atoms with Crippen LogP contribution in [0.15, 0.2) is 48.5 Å². The van der Waals surface area contributed by atoms with Crippen molar-refractivity contribution in [2.24, 2.45) is 5.41 Å². The van der Waals surface area contributed by atoms with Gasteiger partial charge in [0.2, 0.25) is 11.8 Å². The highest BCUT2D eigenvalue weighted by molar-refractivity contribution is 7.99. The van der Waals surface area contributed by atoms with Gasteiger partial charge in [-0.1, -0.05) is 74.6 Å². The molecule has 3 unspecified atom stereocenters. The van der Waals surface area contributed by atoms with Crippen molar-refractivity contribution in [1.82, 2.24) is 20.9 Å². The summed E-state index contributed by atoms with van der Waals surface area (Å²) in [6.45, 7) is 6.53. The third-order valence-corrected chi connectivity index (χ3v) is 10.6. The number of nitrogens with one attached hydrogen (secondary N) is 3. The molecule has 8 nitrogen and oxygen atoms in total. The van der Waals surface area contributed by atoms with Crippen molar-refractivity contribution in [2.45, 2.75) is 88.9 Å². The molecule has 2 aliphatic heterocycles. The van der Waals surface area contributed by atoms with Crippen LogP contribution in [-0.2, 0) is 34.0 Å². The second-order valence-corrected chi connectivity index (χ2v) is 14.0. The Morgan fingerprint density at radius 2 is 1.88 bits per heavy atom. The molecular formula is C32H42N4O4S2. The first-order chi connectivity index (χ1) is 20.1. The van der Waals surface area contributed by atoms with Crippen molar-refractivity contribution in [3.63, 3.8) is 0 Å². The maximum atomic E-state index is 14.3. The van der Waals surface area contributed by atoms with Gasteiger partial charge in [0.05, 0.1) is 41.8 Å². The minimum absolute atomic E-state index is 0.00212. The highest BCUT2D eigenvalue weighted by Gasteiger charge is 2.55. The molecule has 0 bridgehead atoms. The van der Waals surface area contributed by atoms with Gasteiger partial charge in [-0.3, -0.25) is 9.59 Å². The van der Waals surface area contributed by atoms with E-state index >= 15 is 0 Å². The summed E-state index contributed by atoms with van der Waals surface area (Å²) in [6, 6.07) is 14.4. The van der Waals surface area contributed by atoms with Crippen LogP contribution in [0.25, 0.3) is 0 Å². The molecular weight excluding hydrogens is 569 g/mol. The number of aliphatic hydroxyl groups is 1. The predicted molar refractivity (Wildman–Crippen MR) is 170 cm³/mol. The summed E-state index contributed by atoms with van der Waals surface area (Å²) in [4.78, 5) is 30.7. The van der Waals surface area contributed by atoms with Crippen LogP contribution in [0.5, 0.6) is 0 Å². The van der Waals surface area contributed by atoms with E-state index in [2.05, 4.69) is 41.9 Å². The Hall–Kier alpha value is -2.50. The maximum Gasteiger partial charge on any atom is 0.246 e. The molecule has 4 N–H and O–H groups in total. The molecule has 2 fully saturated rings. The fourth-order valence-corrected chi connectivity index (χ4v) is 8.18. The van der Waals surface area contributed by atoms with E-state index in [1.807, 2.05) is 55.3 Å². The standard InChI is InChI=1S/C32H42N4O4S2/c1-19(33-4)30(41)34-24-13-14-42-26-16-32(2,3)28(36(26)31(24)39)29(38)35-27-23-8-6-5-7-22(23)15-25(27)40-18-21-11-9-20(17-37)10-12-21/h5-12,19,24-28,33,37H,13-18H2,1-4H3,(H,34,41)(H,35,38)/t19?,24?,25-,26+,27+,28?/m1/s1. The number of aliphatic hydroxyl groups excluding tert-OH is 1. The quantitative estimate of drug-likeness (QED) is 0.321. The lowest BCUT2D eigenvalue weighted by atomic mass is 9.83. The highest BCUT2D eigenvalue weighted by Crippen LogP contribution is 2.47. The van der Waals surface area contributed by atoms with Crippen LogP contribution in [0, 0.1) is 5.41 Å². The number of likely N-dealkylation sites (N-methyl/N-ethyl adjacent to an activating group) is 1. The normalized spacial score (nSPS) is 27.1. The maximum absolute atomic E-state index is 14.3. The number of ether oxygens (including phenoxy) is 1. The van der Waals surface area contributed by atoms with Crippen molar-refractivity contribution < 1.29 is 19.4 Å². The molecule has 226 valence electrons. The van der Waals surface area contributed by atoms with Crippen LogP contribution in [0.3, 0.4) is 0 Å². The molecule has 3 aliphatic rings. The van der Waals surface area contributed by atoms with E-state index in [1.54, 1.807) is 11.8 Å². The third kappa shape index (κ3) is 6.38. The zero-order valence-corrected chi connectivity index (χ0v) is 26.4. The Labute approximate surface area is 258 Å². The summed E-state index contributed by atoms with van der Waals surface area (Å²) >= 11 is 7.32. The van der Waals surface area contributed by atoms with Crippen molar-refractivity contribution in [1.29, 1.82) is 0 Å². The Kier molecular flexibility index (Phi) is 9.59. The zero-order chi connectivity index (χ0) is 30.0. The van der Waals surface area contributed by atoms with Crippen molar-refractivity contribution in [3.8, 4) is 0 Å². The van der Waals surface area contributed by atoms with Gasteiger partial charge in [0, 0.05) is 6.42 Å². The molecule has 2 aromatic rings. The number of carbonyl (C=O) groups is 2. The Morgan fingerprint density at radius 1 is 1.17 bits per heavy atom. The molecule has 10 heteroatoms. The number of hydrogen-bond acceptors (Lipinski definition) is 7. The largest absolute Gasteiger partial charge is 0.392 e. The Bertz CT molecular complexity index is 1300. The van der Waals surface area contributed by atoms with E-state index in [-0.39, 0.29) is 42.0 Å². The van der Waals surface area contributed by atoms with Gasteiger partial charge >= 0.3 is 0 Å². The molecule has 2 aromatic carbocycles. The molecule has 0 aromatic heterocycles. The summed E-state index contributed by atoms with van der Waals surface area (Å²) in [5.41, 5.74) is 3.67. The Morgan fingerprint density at radius 3 is 2.60 bits per heavy atom. The van der Waals surface area contributed by atoms with Crippen molar-refractivity contribution in [3.05, 3.63) is 70.8 Å². The van der Waals surface area contributed by atoms with Crippen LogP contribution < -0.4 is 16.0 Å². The number of fused-ring (bicyclic) bond motifs is 2. The minimum Gasteiger partial charge on any atom is -0.392 e. The molecule has 2 saturated heterocycles. The molecule has 2 heterocycles. The number of thioether (sulfide) groups is 1. The van der Waals surface area contributed by atoms with Gasteiger partial charge in [-0.2, -0.15) is 0 Å². The van der Waals surface area contributed by atoms with Crippen LogP contribution in [-0.4, -0.2) is 69.2 Å². The number of benzene rings is 2. The first-order valence-electron chi connectivity index (χ1n) is 14.7. The average molecular weight is 611 g/mol. The first kappa shape index (κ1) is 30.9. The fraction of sp³-hybridized carbons (Fsp3) is 0.531. The summed E-state index contributed by atoms with van der Waals surface area (Å²) in [6.07, 6.45) is 1.86. The van der Waals surface area contributed by atoms with Gasteiger partial charge in [0.15, 0.2) is 0 Å². The van der Waals surface area contributed by atoms with E-state index in [4.69, 9.17) is 17.0 Å². The van der Waals surface area contributed by atoms with E-state index in [9.17, 15) is 14.7 Å². The smallest absolute Gasteiger partial charge is 0.246 e. The van der Waals surface area contributed by atoms with Gasteiger partial charge in [0.25, 0.3) is 0 Å². The lowest BCUT2D eigenvalue weighted by Crippen LogP contribution is -2.58. The predicted octanol–water partition coefficient (Wildman–Crippen LogP) is 3.46. The molecule has 6 atom stereocenters. The zero-order valence-electron chi connectivity index (χ0n) is 24.8. The van der Waals surface area contributed by atoms with Gasteiger partial charge in [-0.05, 0) is 60.2 Å². The highest BCUT2D eigenvalue weighted by atomic mass is 32.2. The molecule has 0 spiro atoms. The number of amides is 2. The van der Waals surface area contributed by atoms with Crippen LogP contribution >= 0.6 is 24.0 Å². The average Bonchev–Trinajstić information content (AvgIpc) is 3.42. The number of nitrogens with zero attached hydrogens (tertiary/aromatic N) is 1. The number of carbonyl (C=O) groups excluding carboxylic acids is 2. The summed E-state index contributed by atoms with van der Waals surface area (Å²) in [7, 11) is 1.84. The molecule has 1 aliphatic carbocycles. The molecule has 2 amide bonds. The fourth-order valence-electron chi connectivity index (χ4n) is 6.34. The number of hydrogen-bond donors (Lipinski definition) is 4. The SMILES string of the molecule is CNC(C)C(=S)NC1CCS[C@H]2CC(C)(C)C(C(=O)N[C@H]3c4ccccc4C[C@H]3OCc3ccc(CO)cc3)N2C1=O. The third-order valence-electron chi connectivity index (χ3n) is 8.84. The monoisotopic (exact) mass is 610 g/mol. The van der Waals surface area contributed by atoms with Crippen molar-refractivity contribution >= 4 is 40.8 Å². The summed E-state index contributed by atoms with van der Waals surface area (Å²) in [5.74, 6) is 0.606. The van der Waals surface area contributed by atoms with Gasteiger partial charge in [-0.15, -0.1) is 11.8 Å². The first-order valence-corrected chi connectivity index (χ1v) is 16.2. The van der Waals surface area contributed by atoms with Crippen LogP contribution in [0.1, 0.15) is 61.9 Å². The van der Waals surface area contributed by atoms with Gasteiger partial charge in [0.1, 0.15) is 12.1 Å². The molecule has 5 rings (SSSR count). The molecule has 0 radical (unpaired) electrons. The van der Waals surface area contributed by atoms with E-state index in [1.165, 1.54) is 0 Å². The van der Waals surface area contributed by atoms with E-state index < -0.39 is 17.5 Å². The number of thiocarbonyl (C=S) groups is 1.